The van der Waals surface area contributed by atoms with Crippen molar-refractivity contribution in [1.82, 2.24) is 50.3 Å². The molecule has 6 rings (SSSR count). The van der Waals surface area contributed by atoms with Crippen molar-refractivity contribution >= 4 is 50.9 Å². The molecule has 0 aliphatic carbocycles. The number of nitrogens with zero attached hydrogens (tertiary/aromatic N) is 8. The number of aldehydes is 1. The second-order valence-corrected chi connectivity index (χ2v) is 16.7. The molecule has 4 N–H and O–H groups in total. The van der Waals surface area contributed by atoms with Crippen molar-refractivity contribution in [2.24, 2.45) is 5.73 Å². The molecule has 0 aliphatic rings. The van der Waals surface area contributed by atoms with Gasteiger partial charge in [0.2, 0.25) is 0 Å². The van der Waals surface area contributed by atoms with Gasteiger partial charge in [-0.1, -0.05) is 52.3 Å². The van der Waals surface area contributed by atoms with Gasteiger partial charge in [0.05, 0.1) is 28.5 Å². The first-order chi connectivity index (χ1) is 31.6. The number of hydrogen-bond acceptors (Lipinski definition) is 13. The summed E-state index contributed by atoms with van der Waals surface area (Å²) in [7, 11) is 0. The number of carbonyl (C=O) groups is 2. The summed E-state index contributed by atoms with van der Waals surface area (Å²) in [5, 5.41) is 6.78. The molecule has 17 heteroatoms. The Morgan fingerprint density at radius 1 is 0.667 bits per heavy atom. The molecule has 0 aromatic carbocycles. The van der Waals surface area contributed by atoms with Crippen LogP contribution in [0.25, 0.3) is 0 Å². The Morgan fingerprint density at radius 3 is 1.35 bits per heavy atom. The van der Waals surface area contributed by atoms with Crippen LogP contribution in [0, 0.1) is 4.43 Å². The van der Waals surface area contributed by atoms with Crippen LogP contribution in [0.15, 0.2) is 146 Å². The van der Waals surface area contributed by atoms with Crippen LogP contribution >= 0.6 is 38.5 Å². The summed E-state index contributed by atoms with van der Waals surface area (Å²) < 4.78 is 6.94. The third kappa shape index (κ3) is 31.4. The van der Waals surface area contributed by atoms with Crippen molar-refractivity contribution in [2.45, 2.75) is 66.0 Å². The third-order valence-electron chi connectivity index (χ3n) is 8.10. The molecule has 1 radical (unpaired) electrons. The van der Waals surface area contributed by atoms with Crippen molar-refractivity contribution in [1.29, 1.82) is 0 Å². The molecule has 6 aromatic heterocycles. The summed E-state index contributed by atoms with van der Waals surface area (Å²) in [4.78, 5) is 51.0. The summed E-state index contributed by atoms with van der Waals surface area (Å²) in [6.45, 7) is 15.4. The zero-order valence-corrected chi connectivity index (χ0v) is 43.5. The van der Waals surface area contributed by atoms with Gasteiger partial charge < -0.3 is 43.7 Å². The van der Waals surface area contributed by atoms with Crippen LogP contribution in [-0.4, -0.2) is 95.7 Å². The Labute approximate surface area is 426 Å². The molecule has 14 nitrogen and oxygen atoms in total. The van der Waals surface area contributed by atoms with E-state index in [0.717, 1.165) is 92.4 Å². The first kappa shape index (κ1) is 59.5. The zero-order chi connectivity index (χ0) is 47.2. The van der Waals surface area contributed by atoms with E-state index in [1.165, 1.54) is 0 Å². The van der Waals surface area contributed by atoms with E-state index in [9.17, 15) is 9.59 Å². The fraction of sp³-hybridized carbons (Fsp3) is 0.327. The number of rotatable bonds is 18. The molecule has 353 valence electrons. The van der Waals surface area contributed by atoms with Gasteiger partial charge in [0, 0.05) is 127 Å². The number of halogens is 2. The number of ether oxygens (including phenoxy) is 1. The van der Waals surface area contributed by atoms with Gasteiger partial charge in [-0.3, -0.25) is 48.9 Å². The van der Waals surface area contributed by atoms with E-state index < -0.39 is 5.60 Å². The van der Waals surface area contributed by atoms with Crippen LogP contribution in [0.4, 0.5) is 4.79 Å². The minimum absolute atomic E-state index is 0. The quantitative estimate of drug-likeness (QED) is 0.0246. The number of alkyl carbamates (subject to hydrolysis) is 1. The molecule has 0 bridgehead atoms. The van der Waals surface area contributed by atoms with Crippen LogP contribution in [0.5, 0.6) is 0 Å². The maximum absolute atomic E-state index is 10.9. The van der Waals surface area contributed by atoms with Crippen molar-refractivity contribution < 1.29 is 32.9 Å². The molecule has 6 aromatic rings. The number of pyridine rings is 6. The predicted octanol–water partition coefficient (Wildman–Crippen LogP) is 8.50. The topological polar surface area (TPSA) is 177 Å². The summed E-state index contributed by atoms with van der Waals surface area (Å²) in [5.74, 6) is 0. The fourth-order valence-electron chi connectivity index (χ4n) is 5.36. The van der Waals surface area contributed by atoms with Crippen molar-refractivity contribution in [3.63, 3.8) is 0 Å². The van der Waals surface area contributed by atoms with E-state index in [-0.39, 0.29) is 24.6 Å². The number of alkyl halides is 1. The maximum atomic E-state index is 10.9. The Hall–Kier alpha value is -4.53. The van der Waals surface area contributed by atoms with Crippen LogP contribution in [0.2, 0.25) is 0 Å². The van der Waals surface area contributed by atoms with E-state index in [1.807, 2.05) is 142 Å². The van der Waals surface area contributed by atoms with Gasteiger partial charge in [0.15, 0.2) is 6.29 Å². The summed E-state index contributed by atoms with van der Waals surface area (Å²) in [5.41, 5.74) is 11.0. The molecule has 6 heterocycles. The van der Waals surface area contributed by atoms with E-state index in [1.54, 1.807) is 24.4 Å². The number of amides is 1. The van der Waals surface area contributed by atoms with Gasteiger partial charge in [-0.2, -0.15) is 6.92 Å². The average molecular weight is 1110 g/mol. The fourth-order valence-corrected chi connectivity index (χ4v) is 5.56. The van der Waals surface area contributed by atoms with Crippen LogP contribution in [-0.2, 0) is 56.0 Å². The van der Waals surface area contributed by atoms with Crippen LogP contribution in [0.3, 0.4) is 0 Å². The largest absolute Gasteiger partial charge is 0.444 e. The number of aromatic nitrogens is 6. The van der Waals surface area contributed by atoms with Crippen molar-refractivity contribution in [3.8, 4) is 0 Å². The molecule has 0 fully saturated rings. The molecule has 0 saturated carbocycles. The van der Waals surface area contributed by atoms with E-state index in [0.29, 0.717) is 18.8 Å². The van der Waals surface area contributed by atoms with Gasteiger partial charge >= 0.3 is 6.09 Å². The normalized spacial score (nSPS) is 10.2. The monoisotopic (exact) mass is 1110 g/mol. The molecule has 1 amide bonds. The summed E-state index contributed by atoms with van der Waals surface area (Å²) in [6.07, 6.45) is 11.1. The number of nitrogens with two attached hydrogens (primary N) is 1. The molecule has 0 aliphatic heterocycles. The molecule has 0 unspecified atom stereocenters. The van der Waals surface area contributed by atoms with Gasteiger partial charge in [-0.15, -0.1) is 0 Å². The average Bonchev–Trinajstić information content (AvgIpc) is 3.32. The standard InChI is InChI=1S/C20H23N5.C14H18N4.C7H14BrNO2.C6H5NO.C2H4I.V/c1-4-10-22-18(7-1)15-21-13-14-25(16-19-8-2-5-11-23-19)17-20-9-3-6-12-24-20;15-7-10-18(11-13-5-1-3-8-16-13)12-14-6-2-4-9-17-14;1-7(2,3)11-6(10)9-5-4-8;8-5-6-3-1-2-4-7-6;1-2-3;/h1-12,21H,13-17H2;1-6,8-9H,7,10-12,15H2;4-5H2,1-3H3,(H,9,10);1-5H;2H,1H3;/q;;;;-1;. The Morgan fingerprint density at radius 2 is 1.05 bits per heavy atom. The van der Waals surface area contributed by atoms with E-state index in [2.05, 4.69) is 101 Å². The first-order valence-corrected chi connectivity index (χ1v) is 23.6. The van der Waals surface area contributed by atoms with Gasteiger partial charge in [0.1, 0.15) is 11.3 Å². The van der Waals surface area contributed by atoms with Gasteiger partial charge in [0.25, 0.3) is 0 Å². The SMILES string of the molecule is CC(C)(C)OC(=O)NCCBr.C[CH-]I.NCCN(Cc1ccccn1)Cc1ccccn1.O=Cc1ccccn1.[V].c1ccc(CNCCN(Cc2ccccn2)Cc2ccccn2)nc1. The predicted molar refractivity (Wildman–Crippen MR) is 272 cm³/mol. The Bertz CT molecular complexity index is 1950. The Balaban J connectivity index is 0.000000464. The van der Waals surface area contributed by atoms with Gasteiger partial charge in [-0.25, -0.2) is 4.79 Å². The summed E-state index contributed by atoms with van der Waals surface area (Å²) in [6, 6.07) is 35.2. The Kier molecular flexibility index (Phi) is 34.8. The first-order valence-electron chi connectivity index (χ1n) is 21.2. The second kappa shape index (κ2) is 38.6. The molecule has 0 spiro atoms. The number of hydrogen-bond donors (Lipinski definition) is 3. The number of carbonyl (C=O) groups excluding carboxylic acids is 2. The minimum Gasteiger partial charge on any atom is -0.444 e. The van der Waals surface area contributed by atoms with E-state index in [4.69, 9.17) is 10.5 Å². The van der Waals surface area contributed by atoms with E-state index >= 15 is 0 Å². The molecular formula is C49H64BrIN11O3V-. The van der Waals surface area contributed by atoms with Crippen molar-refractivity contribution in [3.05, 3.63) is 185 Å². The maximum Gasteiger partial charge on any atom is 0.407 e. The zero-order valence-electron chi connectivity index (χ0n) is 38.4. The van der Waals surface area contributed by atoms with Crippen molar-refractivity contribution in [2.75, 3.05) is 38.1 Å². The minimum atomic E-state index is -0.406. The second-order valence-electron chi connectivity index (χ2n) is 14.7. The van der Waals surface area contributed by atoms with Crippen LogP contribution < -0.4 is 16.4 Å². The third-order valence-corrected chi connectivity index (χ3v) is 8.50. The molecule has 0 saturated heterocycles. The molecular weight excluding hydrogens is 1050 g/mol. The molecule has 66 heavy (non-hydrogen) atoms. The number of nitrogens with one attached hydrogen (secondary N) is 2. The molecule has 0 atom stereocenters. The summed E-state index contributed by atoms with van der Waals surface area (Å²) >= 11 is 5.35. The van der Waals surface area contributed by atoms with Crippen LogP contribution in [0.1, 0.15) is 66.7 Å². The van der Waals surface area contributed by atoms with Gasteiger partial charge in [-0.05, 0) is 93.6 Å². The smallest absolute Gasteiger partial charge is 0.407 e.